The van der Waals surface area contributed by atoms with Crippen LogP contribution in [0.1, 0.15) is 49.6 Å². The summed E-state index contributed by atoms with van der Waals surface area (Å²) in [5.41, 5.74) is 4.64. The third-order valence-electron chi connectivity index (χ3n) is 7.81. The van der Waals surface area contributed by atoms with Crippen LogP contribution in [0.15, 0.2) is 54.6 Å². The molecule has 1 aromatic heterocycles. The Bertz CT molecular complexity index is 1180. The molecule has 1 fully saturated rings. The molecule has 184 valence electrons. The molecule has 2 aliphatic heterocycles. The standard InChI is InChI=1S/C29H36N4O2/c1-3-31(4-2)17-10-18-32-20-27(34)33-25(16-15-21-11-6-5-7-12-21)28-23(19-26(33)29(32)35)22-13-8-9-14-24(22)30-28/h5-9,11-14,25-26,30H,3-4,10,15-20H2,1-2H3/t25?,26-/m0/s1. The maximum atomic E-state index is 13.7. The number of carbonyl (C=O) groups excluding carboxylic acids is 2. The Labute approximate surface area is 207 Å². The number of hydrogen-bond acceptors (Lipinski definition) is 3. The van der Waals surface area contributed by atoms with E-state index >= 15 is 0 Å². The molecule has 2 amide bonds. The number of H-pyrrole nitrogens is 1. The summed E-state index contributed by atoms with van der Waals surface area (Å²) in [5.74, 6) is 0.171. The minimum absolute atomic E-state index is 0.0693. The molecule has 35 heavy (non-hydrogen) atoms. The quantitative estimate of drug-likeness (QED) is 0.509. The number of aryl methyl sites for hydroxylation is 1. The lowest BCUT2D eigenvalue weighted by Gasteiger charge is -2.47. The van der Waals surface area contributed by atoms with E-state index in [0.29, 0.717) is 13.0 Å². The summed E-state index contributed by atoms with van der Waals surface area (Å²) < 4.78 is 0. The van der Waals surface area contributed by atoms with Gasteiger partial charge in [0.05, 0.1) is 12.6 Å². The normalized spacial score (nSPS) is 20.0. The number of nitrogens with one attached hydrogen (secondary N) is 1. The van der Waals surface area contributed by atoms with Crippen LogP contribution in [0.5, 0.6) is 0 Å². The fraction of sp³-hybridized carbons (Fsp3) is 0.448. The third-order valence-corrected chi connectivity index (χ3v) is 7.81. The summed E-state index contributed by atoms with van der Waals surface area (Å²) in [6.07, 6.45) is 3.13. The van der Waals surface area contributed by atoms with Crippen molar-refractivity contribution in [3.05, 3.63) is 71.4 Å². The highest BCUT2D eigenvalue weighted by Crippen LogP contribution is 2.41. The van der Waals surface area contributed by atoms with Crippen LogP contribution in [0.25, 0.3) is 10.9 Å². The molecule has 5 rings (SSSR count). The van der Waals surface area contributed by atoms with Crippen molar-refractivity contribution in [3.63, 3.8) is 0 Å². The molecule has 3 aromatic rings. The van der Waals surface area contributed by atoms with Gasteiger partial charge >= 0.3 is 0 Å². The van der Waals surface area contributed by atoms with Crippen molar-refractivity contribution in [2.75, 3.05) is 32.7 Å². The number of rotatable bonds is 9. The van der Waals surface area contributed by atoms with Crippen LogP contribution in [0.2, 0.25) is 0 Å². The van der Waals surface area contributed by atoms with Crippen molar-refractivity contribution in [3.8, 4) is 0 Å². The minimum atomic E-state index is -0.419. The molecule has 2 aromatic carbocycles. The molecule has 2 atom stereocenters. The number of benzene rings is 2. The second-order valence-electron chi connectivity index (χ2n) is 9.76. The number of aromatic amines is 1. The van der Waals surface area contributed by atoms with Crippen LogP contribution < -0.4 is 0 Å². The molecule has 0 bridgehead atoms. The summed E-state index contributed by atoms with van der Waals surface area (Å²) in [4.78, 5) is 37.0. The van der Waals surface area contributed by atoms with E-state index in [4.69, 9.17) is 0 Å². The van der Waals surface area contributed by atoms with E-state index in [-0.39, 0.29) is 24.4 Å². The molecule has 3 heterocycles. The molecule has 0 radical (unpaired) electrons. The van der Waals surface area contributed by atoms with Gasteiger partial charge in [0.2, 0.25) is 11.8 Å². The Morgan fingerprint density at radius 2 is 1.74 bits per heavy atom. The van der Waals surface area contributed by atoms with Gasteiger partial charge in [-0.3, -0.25) is 9.59 Å². The fourth-order valence-corrected chi connectivity index (χ4v) is 5.91. The van der Waals surface area contributed by atoms with Gasteiger partial charge in [0.1, 0.15) is 6.04 Å². The maximum Gasteiger partial charge on any atom is 0.246 e. The van der Waals surface area contributed by atoms with Gasteiger partial charge in [0.15, 0.2) is 0 Å². The van der Waals surface area contributed by atoms with Gasteiger partial charge in [-0.1, -0.05) is 62.4 Å². The average Bonchev–Trinajstić information content (AvgIpc) is 3.26. The molecule has 0 aliphatic carbocycles. The Kier molecular flexibility index (Phi) is 6.91. The number of hydrogen-bond donors (Lipinski definition) is 1. The van der Waals surface area contributed by atoms with Crippen molar-refractivity contribution in [2.45, 2.75) is 51.6 Å². The molecular weight excluding hydrogens is 436 g/mol. The summed E-state index contributed by atoms with van der Waals surface area (Å²) >= 11 is 0. The van der Waals surface area contributed by atoms with Crippen molar-refractivity contribution >= 4 is 22.7 Å². The van der Waals surface area contributed by atoms with Gasteiger partial charge in [-0.15, -0.1) is 0 Å². The monoisotopic (exact) mass is 472 g/mol. The van der Waals surface area contributed by atoms with Gasteiger partial charge < -0.3 is 19.7 Å². The van der Waals surface area contributed by atoms with E-state index < -0.39 is 6.04 Å². The minimum Gasteiger partial charge on any atom is -0.356 e. The first-order chi connectivity index (χ1) is 17.1. The lowest BCUT2D eigenvalue weighted by Crippen LogP contribution is -2.63. The average molecular weight is 473 g/mol. The van der Waals surface area contributed by atoms with Gasteiger partial charge in [0.25, 0.3) is 0 Å². The fourth-order valence-electron chi connectivity index (χ4n) is 5.91. The topological polar surface area (TPSA) is 59.6 Å². The van der Waals surface area contributed by atoms with E-state index in [1.807, 2.05) is 17.0 Å². The Balaban J connectivity index is 1.42. The van der Waals surface area contributed by atoms with Crippen molar-refractivity contribution < 1.29 is 9.59 Å². The first-order valence-corrected chi connectivity index (χ1v) is 13.1. The van der Waals surface area contributed by atoms with E-state index in [9.17, 15) is 9.59 Å². The van der Waals surface area contributed by atoms with Gasteiger partial charge in [0, 0.05) is 29.6 Å². The van der Waals surface area contributed by atoms with Crippen LogP contribution in [-0.2, 0) is 22.4 Å². The zero-order chi connectivity index (χ0) is 24.4. The second-order valence-corrected chi connectivity index (χ2v) is 9.76. The molecule has 1 saturated heterocycles. The van der Waals surface area contributed by atoms with E-state index in [1.165, 1.54) is 16.5 Å². The van der Waals surface area contributed by atoms with Crippen molar-refractivity contribution in [1.82, 2.24) is 19.7 Å². The molecule has 0 saturated carbocycles. The van der Waals surface area contributed by atoms with Crippen LogP contribution in [0.4, 0.5) is 0 Å². The largest absolute Gasteiger partial charge is 0.356 e. The number of aromatic nitrogens is 1. The maximum absolute atomic E-state index is 13.7. The van der Waals surface area contributed by atoms with Gasteiger partial charge in [-0.2, -0.15) is 0 Å². The Hall–Kier alpha value is -3.12. The lowest BCUT2D eigenvalue weighted by molar-refractivity contribution is -0.160. The SMILES string of the molecule is CCN(CC)CCCN1CC(=O)N2C(CCc3ccccc3)c3[nH]c4ccccc4c3C[C@H]2C1=O. The second kappa shape index (κ2) is 10.2. The number of amides is 2. The zero-order valence-corrected chi connectivity index (χ0v) is 20.9. The molecule has 0 spiro atoms. The number of nitrogens with zero attached hydrogens (tertiary/aromatic N) is 3. The molecule has 6 nitrogen and oxygen atoms in total. The van der Waals surface area contributed by atoms with E-state index in [2.05, 4.69) is 66.2 Å². The highest BCUT2D eigenvalue weighted by Gasteiger charge is 2.47. The molecule has 2 aliphatic rings. The van der Waals surface area contributed by atoms with Crippen LogP contribution in [0, 0.1) is 0 Å². The molecule has 6 heteroatoms. The summed E-state index contributed by atoms with van der Waals surface area (Å²) in [6, 6.07) is 18.2. The zero-order valence-electron chi connectivity index (χ0n) is 20.9. The highest BCUT2D eigenvalue weighted by atomic mass is 16.2. The summed E-state index contributed by atoms with van der Waals surface area (Å²) in [7, 11) is 0. The highest BCUT2D eigenvalue weighted by molar-refractivity contribution is 5.97. The lowest BCUT2D eigenvalue weighted by atomic mass is 9.86. The van der Waals surface area contributed by atoms with Crippen molar-refractivity contribution in [2.24, 2.45) is 0 Å². The van der Waals surface area contributed by atoms with E-state index in [1.54, 1.807) is 4.90 Å². The smallest absolute Gasteiger partial charge is 0.246 e. The third kappa shape index (κ3) is 4.59. The van der Waals surface area contributed by atoms with Gasteiger partial charge in [-0.05, 0) is 56.1 Å². The van der Waals surface area contributed by atoms with Crippen LogP contribution >= 0.6 is 0 Å². The first kappa shape index (κ1) is 23.6. The molecule has 1 unspecified atom stereocenters. The molecule has 1 N–H and O–H groups in total. The number of carbonyl (C=O) groups is 2. The number of piperazine rings is 1. The van der Waals surface area contributed by atoms with Crippen molar-refractivity contribution in [1.29, 1.82) is 0 Å². The molecular formula is C29H36N4O2. The van der Waals surface area contributed by atoms with Crippen LogP contribution in [-0.4, -0.2) is 70.3 Å². The Morgan fingerprint density at radius 1 is 1.00 bits per heavy atom. The predicted octanol–water partition coefficient (Wildman–Crippen LogP) is 4.17. The Morgan fingerprint density at radius 3 is 2.51 bits per heavy atom. The summed E-state index contributed by atoms with van der Waals surface area (Å²) in [6.45, 7) is 8.11. The van der Waals surface area contributed by atoms with E-state index in [0.717, 1.165) is 50.1 Å². The number of fused-ring (bicyclic) bond motifs is 4. The number of para-hydroxylation sites is 1. The summed E-state index contributed by atoms with van der Waals surface area (Å²) in [5, 5.41) is 1.17. The van der Waals surface area contributed by atoms with Crippen LogP contribution in [0.3, 0.4) is 0 Å². The van der Waals surface area contributed by atoms with Gasteiger partial charge in [-0.25, -0.2) is 0 Å². The first-order valence-electron chi connectivity index (χ1n) is 13.1. The predicted molar refractivity (Wildman–Crippen MR) is 139 cm³/mol.